The molecule has 1 aromatic heterocycles. The van der Waals surface area contributed by atoms with E-state index < -0.39 is 15.8 Å². The Balaban J connectivity index is 2.43. The number of anilines is 1. The second kappa shape index (κ2) is 5.64. The molecule has 8 heteroatoms. The minimum absolute atomic E-state index is 0.00651. The molecule has 0 bridgehead atoms. The van der Waals surface area contributed by atoms with Gasteiger partial charge in [-0.3, -0.25) is 9.71 Å². The molecule has 0 spiro atoms. The van der Waals surface area contributed by atoms with Gasteiger partial charge in [-0.1, -0.05) is 11.6 Å². The highest BCUT2D eigenvalue weighted by Crippen LogP contribution is 2.28. The van der Waals surface area contributed by atoms with Gasteiger partial charge in [0.25, 0.3) is 10.0 Å². The van der Waals surface area contributed by atoms with E-state index in [0.29, 0.717) is 0 Å². The molecule has 1 heterocycles. The van der Waals surface area contributed by atoms with Crippen molar-refractivity contribution in [3.63, 3.8) is 0 Å². The molecule has 2 rings (SSSR count). The summed E-state index contributed by atoms with van der Waals surface area (Å²) in [6.45, 7) is 0. The van der Waals surface area contributed by atoms with E-state index in [1.165, 1.54) is 31.5 Å². The van der Waals surface area contributed by atoms with Crippen molar-refractivity contribution in [3.8, 4) is 5.75 Å². The second-order valence-corrected chi connectivity index (χ2v) is 5.88. The van der Waals surface area contributed by atoms with Gasteiger partial charge in [0.05, 0.1) is 25.2 Å². The summed E-state index contributed by atoms with van der Waals surface area (Å²) in [6.07, 6.45) is 2.16. The first-order chi connectivity index (χ1) is 9.42. The summed E-state index contributed by atoms with van der Waals surface area (Å²) in [6, 6.07) is 5.20. The van der Waals surface area contributed by atoms with E-state index in [9.17, 15) is 12.8 Å². The van der Waals surface area contributed by atoms with Crippen LogP contribution in [-0.4, -0.2) is 20.5 Å². The number of halogens is 2. The number of sulfonamides is 1. The Labute approximate surface area is 120 Å². The molecule has 0 aliphatic carbocycles. The largest absolute Gasteiger partial charge is 0.495 e. The normalized spacial score (nSPS) is 11.2. The minimum atomic E-state index is -3.96. The van der Waals surface area contributed by atoms with Crippen molar-refractivity contribution in [3.05, 3.63) is 47.5 Å². The van der Waals surface area contributed by atoms with Crippen LogP contribution in [-0.2, 0) is 10.0 Å². The smallest absolute Gasteiger partial charge is 0.265 e. The SMILES string of the molecule is COc1ccc(Cl)cc1S(=O)(=O)Nc1cncc(F)c1. The fourth-order valence-electron chi connectivity index (χ4n) is 1.54. The van der Waals surface area contributed by atoms with Gasteiger partial charge in [-0.25, -0.2) is 12.8 Å². The highest BCUT2D eigenvalue weighted by Gasteiger charge is 2.20. The van der Waals surface area contributed by atoms with E-state index in [-0.39, 0.29) is 21.4 Å². The molecule has 0 amide bonds. The molecule has 5 nitrogen and oxygen atoms in total. The van der Waals surface area contributed by atoms with Crippen molar-refractivity contribution in [2.45, 2.75) is 4.90 Å². The van der Waals surface area contributed by atoms with E-state index in [4.69, 9.17) is 16.3 Å². The Morgan fingerprint density at radius 3 is 2.70 bits per heavy atom. The molecule has 2 aromatic rings. The molecule has 0 aliphatic heterocycles. The van der Waals surface area contributed by atoms with Crippen molar-refractivity contribution < 1.29 is 17.5 Å². The van der Waals surface area contributed by atoms with Gasteiger partial charge >= 0.3 is 0 Å². The lowest BCUT2D eigenvalue weighted by Gasteiger charge is -2.11. The van der Waals surface area contributed by atoms with Crippen molar-refractivity contribution in [1.82, 2.24) is 4.98 Å². The Morgan fingerprint density at radius 1 is 1.30 bits per heavy atom. The Bertz CT molecular complexity index is 737. The molecule has 0 saturated heterocycles. The number of ether oxygens (including phenoxy) is 1. The molecule has 0 saturated carbocycles. The lowest BCUT2D eigenvalue weighted by molar-refractivity contribution is 0.403. The molecule has 20 heavy (non-hydrogen) atoms. The zero-order valence-corrected chi connectivity index (χ0v) is 11.9. The lowest BCUT2D eigenvalue weighted by Crippen LogP contribution is -2.14. The number of benzene rings is 1. The van der Waals surface area contributed by atoms with E-state index in [2.05, 4.69) is 9.71 Å². The van der Waals surface area contributed by atoms with Crippen molar-refractivity contribution in [2.24, 2.45) is 0 Å². The zero-order valence-electron chi connectivity index (χ0n) is 10.3. The summed E-state index contributed by atoms with van der Waals surface area (Å²) in [5.74, 6) is -0.519. The molecular formula is C12H10ClFN2O3S. The third kappa shape index (κ3) is 3.17. The topological polar surface area (TPSA) is 68.3 Å². The van der Waals surface area contributed by atoms with Gasteiger partial charge in [0, 0.05) is 11.1 Å². The number of pyridine rings is 1. The highest BCUT2D eigenvalue weighted by atomic mass is 35.5. The van der Waals surface area contributed by atoms with Gasteiger partial charge < -0.3 is 4.74 Å². The third-order valence-electron chi connectivity index (χ3n) is 2.37. The number of hydrogen-bond acceptors (Lipinski definition) is 4. The number of aromatic nitrogens is 1. The Morgan fingerprint density at radius 2 is 2.05 bits per heavy atom. The van der Waals surface area contributed by atoms with Gasteiger partial charge in [0.15, 0.2) is 0 Å². The fraction of sp³-hybridized carbons (Fsp3) is 0.0833. The Hall–Kier alpha value is -1.86. The minimum Gasteiger partial charge on any atom is -0.495 e. The van der Waals surface area contributed by atoms with Crippen LogP contribution < -0.4 is 9.46 Å². The maximum atomic E-state index is 13.0. The predicted octanol–water partition coefficient (Wildman–Crippen LogP) is 2.68. The average Bonchev–Trinajstić information content (AvgIpc) is 2.38. The summed E-state index contributed by atoms with van der Waals surface area (Å²) < 4.78 is 44.7. The number of nitrogens with zero attached hydrogens (tertiary/aromatic N) is 1. The van der Waals surface area contributed by atoms with Crippen molar-refractivity contribution >= 4 is 27.3 Å². The molecule has 0 atom stereocenters. The van der Waals surface area contributed by atoms with Crippen LogP contribution in [0.1, 0.15) is 0 Å². The molecule has 1 N–H and O–H groups in total. The van der Waals surface area contributed by atoms with Crippen LogP contribution in [0.25, 0.3) is 0 Å². The van der Waals surface area contributed by atoms with Gasteiger partial charge in [-0.2, -0.15) is 0 Å². The zero-order chi connectivity index (χ0) is 14.8. The number of methoxy groups -OCH3 is 1. The summed E-state index contributed by atoms with van der Waals surface area (Å²) in [4.78, 5) is 3.42. The standard InChI is InChI=1S/C12H10ClFN2O3S/c1-19-11-3-2-8(13)4-12(11)20(17,18)16-10-5-9(14)6-15-7-10/h2-7,16H,1H3. The lowest BCUT2D eigenvalue weighted by atomic mass is 10.3. The fourth-order valence-corrected chi connectivity index (χ4v) is 3.01. The van der Waals surface area contributed by atoms with E-state index in [1.807, 2.05) is 0 Å². The summed E-state index contributed by atoms with van der Waals surface area (Å²) in [5, 5.41) is 0.239. The van der Waals surface area contributed by atoms with E-state index in [0.717, 1.165) is 12.3 Å². The van der Waals surface area contributed by atoms with Gasteiger partial charge in [0.2, 0.25) is 0 Å². The summed E-state index contributed by atoms with van der Waals surface area (Å²) in [5.41, 5.74) is 0.00651. The van der Waals surface area contributed by atoms with E-state index >= 15 is 0 Å². The van der Waals surface area contributed by atoms with Gasteiger partial charge in [-0.15, -0.1) is 0 Å². The van der Waals surface area contributed by atoms with Crippen LogP contribution in [0.5, 0.6) is 5.75 Å². The maximum absolute atomic E-state index is 13.0. The molecular weight excluding hydrogens is 307 g/mol. The second-order valence-electron chi connectivity index (χ2n) is 3.79. The van der Waals surface area contributed by atoms with Crippen LogP contribution in [0.4, 0.5) is 10.1 Å². The molecule has 0 unspecified atom stereocenters. The van der Waals surface area contributed by atoms with Crippen LogP contribution in [0, 0.1) is 5.82 Å². The first-order valence-electron chi connectivity index (χ1n) is 5.39. The van der Waals surface area contributed by atoms with Crippen LogP contribution in [0.2, 0.25) is 5.02 Å². The molecule has 0 radical (unpaired) electrons. The molecule has 1 aromatic carbocycles. The number of nitrogens with one attached hydrogen (secondary N) is 1. The van der Waals surface area contributed by atoms with Crippen molar-refractivity contribution in [1.29, 1.82) is 0 Å². The summed E-state index contributed by atoms with van der Waals surface area (Å²) >= 11 is 5.79. The van der Waals surface area contributed by atoms with Crippen molar-refractivity contribution in [2.75, 3.05) is 11.8 Å². The van der Waals surface area contributed by atoms with Gasteiger partial charge in [0.1, 0.15) is 16.5 Å². The quantitative estimate of drug-likeness (QED) is 0.941. The maximum Gasteiger partial charge on any atom is 0.265 e. The Kier molecular flexibility index (Phi) is 4.10. The van der Waals surface area contributed by atoms with Crippen LogP contribution in [0.15, 0.2) is 41.6 Å². The first kappa shape index (κ1) is 14.5. The monoisotopic (exact) mass is 316 g/mol. The molecule has 0 aliphatic rings. The van der Waals surface area contributed by atoms with E-state index in [1.54, 1.807) is 0 Å². The van der Waals surface area contributed by atoms with Gasteiger partial charge in [-0.05, 0) is 18.2 Å². The average molecular weight is 317 g/mol. The van der Waals surface area contributed by atoms with Crippen LogP contribution in [0.3, 0.4) is 0 Å². The number of rotatable bonds is 4. The number of hydrogen-bond donors (Lipinski definition) is 1. The molecule has 106 valence electrons. The third-order valence-corrected chi connectivity index (χ3v) is 4.01. The predicted molar refractivity (Wildman–Crippen MR) is 73.0 cm³/mol. The first-order valence-corrected chi connectivity index (χ1v) is 7.25. The highest BCUT2D eigenvalue weighted by molar-refractivity contribution is 7.92. The molecule has 0 fully saturated rings. The van der Waals surface area contributed by atoms with Crippen LogP contribution >= 0.6 is 11.6 Å². The summed E-state index contributed by atoms with van der Waals surface area (Å²) in [7, 11) is -2.62.